The molecule has 0 saturated heterocycles. The van der Waals surface area contributed by atoms with Crippen LogP contribution in [0.3, 0.4) is 0 Å². The molecule has 0 spiro atoms. The molecule has 0 unspecified atom stereocenters. The normalized spacial score (nSPS) is 17.5. The van der Waals surface area contributed by atoms with Gasteiger partial charge in [0.25, 0.3) is 10.0 Å². The number of anilines is 2. The number of pyridine rings is 2. The Morgan fingerprint density at radius 2 is 1.86 bits per heavy atom. The highest BCUT2D eigenvalue weighted by Gasteiger charge is 2.20. The molecule has 4 bridgehead atoms. The standard InChI is InChI=1S/C28H34N4O3S/c1-21-17-18-25-29-28(21)24-14-7-6-13-23(24)12-5-3-4-8-19-32(20-10-11-22(2)33)26-15-9-16-27(30-26)36(34,35)31-25/h6-7,9,13-18H,3-5,8,10-12,19-20H2,1-2H3,(H,29,31)/i1D3. The molecule has 0 atom stereocenters. The summed E-state index contributed by atoms with van der Waals surface area (Å²) in [6.45, 7) is 0.435. The average Bonchev–Trinajstić information content (AvgIpc) is 2.88. The van der Waals surface area contributed by atoms with E-state index in [9.17, 15) is 13.2 Å². The van der Waals surface area contributed by atoms with Crippen molar-refractivity contribution in [1.29, 1.82) is 0 Å². The lowest BCUT2D eigenvalue weighted by Crippen LogP contribution is -2.28. The number of ketones is 1. The van der Waals surface area contributed by atoms with E-state index >= 15 is 0 Å². The van der Waals surface area contributed by atoms with Crippen LogP contribution in [0.4, 0.5) is 11.6 Å². The molecule has 0 saturated carbocycles. The number of rotatable bonds is 4. The molecule has 3 aromatic rings. The van der Waals surface area contributed by atoms with Crippen LogP contribution in [0.1, 0.15) is 60.7 Å². The van der Waals surface area contributed by atoms with Crippen LogP contribution in [-0.4, -0.2) is 37.3 Å². The maximum absolute atomic E-state index is 13.4. The third-order valence-electron chi connectivity index (χ3n) is 6.30. The highest BCUT2D eigenvalue weighted by molar-refractivity contribution is 7.92. The van der Waals surface area contributed by atoms with E-state index in [2.05, 4.69) is 14.7 Å². The number of fused-ring (bicyclic) bond motifs is 6. The monoisotopic (exact) mass is 509 g/mol. The third-order valence-corrected chi connectivity index (χ3v) is 7.55. The van der Waals surface area contributed by atoms with Gasteiger partial charge in [-0.05, 0) is 68.8 Å². The Hall–Kier alpha value is -3.26. The van der Waals surface area contributed by atoms with Gasteiger partial charge in [-0.3, -0.25) is 4.72 Å². The SMILES string of the molecule is [2H]C([2H])([2H])c1ccc2nc1-c1ccccc1CCCCCCN(CCCC(C)=O)c1cccc(n1)S(=O)(=O)N2. The first-order chi connectivity index (χ1) is 18.5. The number of sulfonamides is 1. The lowest BCUT2D eigenvalue weighted by atomic mass is 9.96. The van der Waals surface area contributed by atoms with Crippen LogP contribution < -0.4 is 9.62 Å². The minimum Gasteiger partial charge on any atom is -0.357 e. The second-order valence-electron chi connectivity index (χ2n) is 9.15. The van der Waals surface area contributed by atoms with Crippen molar-refractivity contribution >= 4 is 27.4 Å². The number of aromatic nitrogens is 2. The van der Waals surface area contributed by atoms with Crippen molar-refractivity contribution < 1.29 is 17.3 Å². The molecule has 190 valence electrons. The Labute approximate surface area is 218 Å². The van der Waals surface area contributed by atoms with Gasteiger partial charge in [0.1, 0.15) is 17.4 Å². The number of aryl methyl sites for hydroxylation is 2. The topological polar surface area (TPSA) is 92.3 Å². The molecular formula is C28H34N4O3S. The molecule has 1 aliphatic heterocycles. The highest BCUT2D eigenvalue weighted by atomic mass is 32.2. The number of carbonyl (C=O) groups is 1. The van der Waals surface area contributed by atoms with Gasteiger partial charge in [-0.25, -0.2) is 9.97 Å². The summed E-state index contributed by atoms with van der Waals surface area (Å²) in [4.78, 5) is 22.5. The van der Waals surface area contributed by atoms with Crippen molar-refractivity contribution in [3.8, 4) is 11.3 Å². The second kappa shape index (κ2) is 11.6. The van der Waals surface area contributed by atoms with E-state index in [4.69, 9.17) is 4.11 Å². The van der Waals surface area contributed by atoms with Gasteiger partial charge in [0, 0.05) is 29.2 Å². The summed E-state index contributed by atoms with van der Waals surface area (Å²) in [5, 5.41) is -0.162. The molecule has 8 heteroatoms. The zero-order valence-electron chi connectivity index (χ0n) is 23.5. The predicted molar refractivity (Wildman–Crippen MR) is 144 cm³/mol. The Morgan fingerprint density at radius 1 is 1.03 bits per heavy atom. The van der Waals surface area contributed by atoms with Gasteiger partial charge in [0.2, 0.25) is 0 Å². The number of carbonyl (C=O) groups excluding carboxylic acids is 1. The molecule has 0 aliphatic carbocycles. The van der Waals surface area contributed by atoms with Gasteiger partial charge in [-0.15, -0.1) is 0 Å². The fraction of sp³-hybridized carbons (Fsp3) is 0.393. The van der Waals surface area contributed by atoms with Crippen LogP contribution >= 0.6 is 0 Å². The van der Waals surface area contributed by atoms with E-state index in [-0.39, 0.29) is 27.9 Å². The summed E-state index contributed by atoms with van der Waals surface area (Å²) < 4.78 is 53.4. The minimum atomic E-state index is -4.12. The zero-order valence-corrected chi connectivity index (χ0v) is 21.4. The van der Waals surface area contributed by atoms with E-state index in [1.54, 1.807) is 19.1 Å². The molecule has 1 aromatic carbocycles. The largest absolute Gasteiger partial charge is 0.357 e. The lowest BCUT2D eigenvalue weighted by Gasteiger charge is -2.24. The molecule has 1 N–H and O–H groups in total. The molecule has 2 aromatic heterocycles. The van der Waals surface area contributed by atoms with Crippen LogP contribution in [-0.2, 0) is 21.2 Å². The van der Waals surface area contributed by atoms with E-state index in [0.717, 1.165) is 37.7 Å². The summed E-state index contributed by atoms with van der Waals surface area (Å²) in [6.07, 6.45) is 5.63. The summed E-state index contributed by atoms with van der Waals surface area (Å²) in [6, 6.07) is 15.2. The smallest absolute Gasteiger partial charge is 0.280 e. The van der Waals surface area contributed by atoms with Gasteiger partial charge >= 0.3 is 0 Å². The third kappa shape index (κ3) is 6.49. The maximum Gasteiger partial charge on any atom is 0.280 e. The summed E-state index contributed by atoms with van der Waals surface area (Å²) in [5.41, 5.74) is 1.97. The molecular weight excluding hydrogens is 472 g/mol. The highest BCUT2D eigenvalue weighted by Crippen LogP contribution is 2.29. The summed E-state index contributed by atoms with van der Waals surface area (Å²) >= 11 is 0. The zero-order chi connectivity index (χ0) is 28.0. The number of nitrogens with zero attached hydrogens (tertiary/aromatic N) is 3. The first-order valence-corrected chi connectivity index (χ1v) is 13.9. The molecule has 0 radical (unpaired) electrons. The number of nitrogens with one attached hydrogen (secondary N) is 1. The Balaban J connectivity index is 1.77. The van der Waals surface area contributed by atoms with E-state index < -0.39 is 16.9 Å². The van der Waals surface area contributed by atoms with Gasteiger partial charge in [-0.1, -0.05) is 49.2 Å². The number of benzene rings is 1. The lowest BCUT2D eigenvalue weighted by molar-refractivity contribution is -0.117. The van der Waals surface area contributed by atoms with E-state index in [1.165, 1.54) is 18.2 Å². The van der Waals surface area contributed by atoms with Crippen LogP contribution in [0, 0.1) is 6.85 Å². The molecule has 1 aliphatic rings. The molecule has 36 heavy (non-hydrogen) atoms. The maximum atomic E-state index is 13.4. The summed E-state index contributed by atoms with van der Waals surface area (Å²) in [7, 11) is -4.12. The number of hydrogen-bond donors (Lipinski definition) is 1. The quantitative estimate of drug-likeness (QED) is 0.496. The van der Waals surface area contributed by atoms with Crippen LogP contribution in [0.2, 0.25) is 0 Å². The molecule has 4 rings (SSSR count). The number of Topliss-reactive ketones (excluding diaryl/α,β-unsaturated/α-hetero) is 1. The van der Waals surface area contributed by atoms with Crippen LogP contribution in [0.15, 0.2) is 59.6 Å². The average molecular weight is 510 g/mol. The fourth-order valence-corrected chi connectivity index (χ4v) is 5.41. The van der Waals surface area contributed by atoms with Crippen LogP contribution in [0.25, 0.3) is 11.3 Å². The Bertz CT molecular complexity index is 1430. The van der Waals surface area contributed by atoms with Crippen molar-refractivity contribution in [2.45, 2.75) is 63.7 Å². The predicted octanol–water partition coefficient (Wildman–Crippen LogP) is 5.54. The number of hydrogen-bond acceptors (Lipinski definition) is 6. The van der Waals surface area contributed by atoms with E-state index in [1.807, 2.05) is 29.2 Å². The Morgan fingerprint density at radius 3 is 2.69 bits per heavy atom. The van der Waals surface area contributed by atoms with Crippen molar-refractivity contribution in [3.63, 3.8) is 0 Å². The van der Waals surface area contributed by atoms with Gasteiger partial charge < -0.3 is 9.69 Å². The summed E-state index contributed by atoms with van der Waals surface area (Å²) in [5.74, 6) is 0.665. The van der Waals surface area contributed by atoms with Crippen molar-refractivity contribution in [2.75, 3.05) is 22.7 Å². The van der Waals surface area contributed by atoms with Gasteiger partial charge in [-0.2, -0.15) is 8.42 Å². The first-order valence-electron chi connectivity index (χ1n) is 13.9. The van der Waals surface area contributed by atoms with Crippen molar-refractivity contribution in [2.24, 2.45) is 0 Å². The van der Waals surface area contributed by atoms with Gasteiger partial charge in [0.05, 0.1) is 5.69 Å². The van der Waals surface area contributed by atoms with Crippen LogP contribution in [0.5, 0.6) is 0 Å². The molecule has 3 heterocycles. The van der Waals surface area contributed by atoms with E-state index in [0.29, 0.717) is 37.3 Å². The Kier molecular flexibility index (Phi) is 7.11. The molecule has 7 nitrogen and oxygen atoms in total. The second-order valence-corrected chi connectivity index (χ2v) is 10.8. The fourth-order valence-electron chi connectivity index (χ4n) is 4.44. The minimum absolute atomic E-state index is 0.0163. The first kappa shape index (κ1) is 22.0. The molecule has 0 fully saturated rings. The van der Waals surface area contributed by atoms with Crippen molar-refractivity contribution in [1.82, 2.24) is 9.97 Å². The molecule has 0 amide bonds. The van der Waals surface area contributed by atoms with Gasteiger partial charge in [0.15, 0.2) is 5.03 Å². The van der Waals surface area contributed by atoms with Crippen molar-refractivity contribution in [3.05, 3.63) is 65.7 Å².